The highest BCUT2D eigenvalue weighted by Crippen LogP contribution is 2.18. The molecule has 0 bridgehead atoms. The lowest BCUT2D eigenvalue weighted by molar-refractivity contribution is 0.0153. The van der Waals surface area contributed by atoms with E-state index >= 15 is 0 Å². The monoisotopic (exact) mass is 271 g/mol. The van der Waals surface area contributed by atoms with Gasteiger partial charge in [0.25, 0.3) is 0 Å². The number of hydrogen-bond acceptors (Lipinski definition) is 6. The van der Waals surface area contributed by atoms with Crippen LogP contribution in [-0.2, 0) is 11.2 Å². The molecule has 0 aromatic carbocycles. The fourth-order valence-corrected chi connectivity index (χ4v) is 2.53. The van der Waals surface area contributed by atoms with Crippen molar-refractivity contribution >= 4 is 11.8 Å². The lowest BCUT2D eigenvalue weighted by atomic mass is 10.1. The van der Waals surface area contributed by atoms with Gasteiger partial charge < -0.3 is 15.0 Å². The van der Waals surface area contributed by atoms with Crippen molar-refractivity contribution in [1.29, 1.82) is 0 Å². The Balaban J connectivity index is 1.84. The van der Waals surface area contributed by atoms with Gasteiger partial charge in [-0.25, -0.2) is 0 Å². The Morgan fingerprint density at radius 1 is 1.50 bits per heavy atom. The molecule has 1 saturated heterocycles. The fourth-order valence-electron chi connectivity index (χ4n) is 2.04. The van der Waals surface area contributed by atoms with E-state index in [1.807, 2.05) is 0 Å². The summed E-state index contributed by atoms with van der Waals surface area (Å²) in [4.78, 5) is 4.37. The summed E-state index contributed by atoms with van der Waals surface area (Å²) < 4.78 is 10.9. The Morgan fingerprint density at radius 2 is 2.39 bits per heavy atom. The third-order valence-electron chi connectivity index (χ3n) is 3.12. The van der Waals surface area contributed by atoms with Gasteiger partial charge in [0.1, 0.15) is 0 Å². The van der Waals surface area contributed by atoms with Crippen molar-refractivity contribution in [2.24, 2.45) is 5.73 Å². The third kappa shape index (κ3) is 3.96. The molecule has 1 aliphatic rings. The zero-order valence-electron chi connectivity index (χ0n) is 10.8. The van der Waals surface area contributed by atoms with Crippen molar-refractivity contribution in [2.45, 2.75) is 44.2 Å². The third-order valence-corrected chi connectivity index (χ3v) is 3.76. The molecule has 0 amide bonds. The number of thioether (sulfide) groups is 1. The molecule has 18 heavy (non-hydrogen) atoms. The Kier molecular flexibility index (Phi) is 5.46. The van der Waals surface area contributed by atoms with Crippen molar-refractivity contribution in [3.05, 3.63) is 11.7 Å². The molecule has 2 N–H and O–H groups in total. The average molecular weight is 271 g/mol. The minimum atomic E-state index is -0.147. The van der Waals surface area contributed by atoms with Crippen LogP contribution in [-0.4, -0.2) is 34.9 Å². The minimum Gasteiger partial charge on any atom is -0.378 e. The van der Waals surface area contributed by atoms with E-state index in [2.05, 4.69) is 16.4 Å². The van der Waals surface area contributed by atoms with Crippen molar-refractivity contribution in [3.8, 4) is 0 Å². The van der Waals surface area contributed by atoms with Gasteiger partial charge in [0.2, 0.25) is 5.89 Å². The van der Waals surface area contributed by atoms with Gasteiger partial charge in [-0.3, -0.25) is 0 Å². The van der Waals surface area contributed by atoms with Gasteiger partial charge in [-0.2, -0.15) is 16.7 Å². The molecule has 1 fully saturated rings. The molecule has 2 rings (SSSR count). The van der Waals surface area contributed by atoms with E-state index in [1.54, 1.807) is 11.8 Å². The minimum absolute atomic E-state index is 0.147. The topological polar surface area (TPSA) is 74.2 Å². The van der Waals surface area contributed by atoms with E-state index in [9.17, 15) is 0 Å². The number of nitrogens with zero attached hydrogens (tertiary/aromatic N) is 2. The SMILES string of the molecule is CSCC[C@@H](N)c1nc(CC2CCCCO2)no1. The highest BCUT2D eigenvalue weighted by molar-refractivity contribution is 7.98. The first-order valence-electron chi connectivity index (χ1n) is 6.48. The van der Waals surface area contributed by atoms with Crippen LogP contribution in [0.4, 0.5) is 0 Å². The van der Waals surface area contributed by atoms with Gasteiger partial charge in [0.15, 0.2) is 5.82 Å². The Labute approximate surface area is 112 Å². The molecule has 102 valence electrons. The van der Waals surface area contributed by atoms with Crippen LogP contribution in [0.15, 0.2) is 4.52 Å². The second-order valence-corrected chi connectivity index (χ2v) is 5.62. The summed E-state index contributed by atoms with van der Waals surface area (Å²) >= 11 is 1.77. The van der Waals surface area contributed by atoms with Crippen molar-refractivity contribution in [1.82, 2.24) is 10.1 Å². The first kappa shape index (κ1) is 13.8. The van der Waals surface area contributed by atoms with Crippen molar-refractivity contribution in [2.75, 3.05) is 18.6 Å². The van der Waals surface area contributed by atoms with Gasteiger partial charge in [-0.05, 0) is 37.7 Å². The Hall–Kier alpha value is -0.590. The van der Waals surface area contributed by atoms with E-state index in [0.717, 1.165) is 43.9 Å². The van der Waals surface area contributed by atoms with E-state index < -0.39 is 0 Å². The van der Waals surface area contributed by atoms with Gasteiger partial charge in [0, 0.05) is 13.0 Å². The van der Waals surface area contributed by atoms with Crippen molar-refractivity contribution < 1.29 is 9.26 Å². The largest absolute Gasteiger partial charge is 0.378 e. The predicted octanol–water partition coefficient (Wildman–Crippen LogP) is 1.93. The molecule has 1 aromatic heterocycles. The van der Waals surface area contributed by atoms with E-state index in [-0.39, 0.29) is 12.1 Å². The Bertz CT molecular complexity index is 353. The molecule has 6 heteroatoms. The zero-order chi connectivity index (χ0) is 12.8. The maximum Gasteiger partial charge on any atom is 0.243 e. The van der Waals surface area contributed by atoms with Gasteiger partial charge >= 0.3 is 0 Å². The molecule has 0 spiro atoms. The van der Waals surface area contributed by atoms with Crippen LogP contribution >= 0.6 is 11.8 Å². The van der Waals surface area contributed by atoms with Crippen LogP contribution in [0.25, 0.3) is 0 Å². The summed E-state index contributed by atoms with van der Waals surface area (Å²) in [6, 6.07) is -0.147. The van der Waals surface area contributed by atoms with Crippen LogP contribution in [0.3, 0.4) is 0 Å². The maximum absolute atomic E-state index is 5.99. The highest BCUT2D eigenvalue weighted by Gasteiger charge is 2.19. The number of nitrogens with two attached hydrogens (primary N) is 1. The summed E-state index contributed by atoms with van der Waals surface area (Å²) in [5, 5.41) is 3.99. The van der Waals surface area contributed by atoms with Crippen LogP contribution in [0.5, 0.6) is 0 Å². The zero-order valence-corrected chi connectivity index (χ0v) is 11.6. The second-order valence-electron chi connectivity index (χ2n) is 4.63. The number of ether oxygens (including phenoxy) is 1. The quantitative estimate of drug-likeness (QED) is 0.852. The molecule has 2 atom stereocenters. The molecule has 2 heterocycles. The van der Waals surface area contributed by atoms with E-state index in [0.29, 0.717) is 5.89 Å². The van der Waals surface area contributed by atoms with Gasteiger partial charge in [-0.15, -0.1) is 0 Å². The lowest BCUT2D eigenvalue weighted by Gasteiger charge is -2.20. The molecule has 0 saturated carbocycles. The molecular weight excluding hydrogens is 250 g/mol. The number of hydrogen-bond donors (Lipinski definition) is 1. The van der Waals surface area contributed by atoms with Crippen LogP contribution in [0.1, 0.15) is 43.4 Å². The molecule has 0 radical (unpaired) electrons. The number of rotatable bonds is 6. The average Bonchev–Trinajstić information content (AvgIpc) is 2.86. The van der Waals surface area contributed by atoms with E-state index in [1.165, 1.54) is 6.42 Å². The first-order valence-corrected chi connectivity index (χ1v) is 7.87. The fraction of sp³-hybridized carbons (Fsp3) is 0.833. The smallest absolute Gasteiger partial charge is 0.243 e. The predicted molar refractivity (Wildman–Crippen MR) is 71.5 cm³/mol. The molecule has 1 aliphatic heterocycles. The van der Waals surface area contributed by atoms with Gasteiger partial charge in [0.05, 0.1) is 12.1 Å². The normalized spacial score (nSPS) is 22.0. The van der Waals surface area contributed by atoms with Gasteiger partial charge in [-0.1, -0.05) is 5.16 Å². The van der Waals surface area contributed by atoms with Crippen LogP contribution in [0.2, 0.25) is 0 Å². The lowest BCUT2D eigenvalue weighted by Crippen LogP contribution is -2.22. The molecule has 1 unspecified atom stereocenters. The van der Waals surface area contributed by atoms with Crippen LogP contribution in [0, 0.1) is 0 Å². The first-order chi connectivity index (χ1) is 8.79. The van der Waals surface area contributed by atoms with Crippen LogP contribution < -0.4 is 5.73 Å². The molecule has 0 aliphatic carbocycles. The molecule has 1 aromatic rings. The van der Waals surface area contributed by atoms with Crippen molar-refractivity contribution in [3.63, 3.8) is 0 Å². The maximum atomic E-state index is 5.99. The number of aromatic nitrogens is 2. The highest BCUT2D eigenvalue weighted by atomic mass is 32.2. The summed E-state index contributed by atoms with van der Waals surface area (Å²) in [6.07, 6.45) is 7.37. The Morgan fingerprint density at radius 3 is 3.11 bits per heavy atom. The summed E-state index contributed by atoms with van der Waals surface area (Å²) in [7, 11) is 0. The van der Waals surface area contributed by atoms with E-state index in [4.69, 9.17) is 15.0 Å². The summed E-state index contributed by atoms with van der Waals surface area (Å²) in [5.74, 6) is 2.27. The molecular formula is C12H21N3O2S. The second kappa shape index (κ2) is 7.11. The summed E-state index contributed by atoms with van der Waals surface area (Å²) in [5.41, 5.74) is 5.99. The summed E-state index contributed by atoms with van der Waals surface area (Å²) in [6.45, 7) is 0.850. The standard InChI is InChI=1S/C12H21N3O2S/c1-18-7-5-10(13)12-14-11(15-17-12)8-9-4-2-3-6-16-9/h9-10H,2-8,13H2,1H3/t9?,10-/m1/s1. The molecule has 5 nitrogen and oxygen atoms in total.